The number of hydrogen-bond donors (Lipinski definition) is 0. The normalized spacial score (nSPS) is 11.6. The van der Waals surface area contributed by atoms with Crippen molar-refractivity contribution in [1.29, 1.82) is 0 Å². The molecule has 0 saturated heterocycles. The van der Waals surface area contributed by atoms with Gasteiger partial charge in [0.15, 0.2) is 0 Å². The molecule has 2 nitrogen and oxygen atoms in total. The van der Waals surface area contributed by atoms with Gasteiger partial charge in [0, 0.05) is 5.56 Å². The van der Waals surface area contributed by atoms with Gasteiger partial charge < -0.3 is 9.47 Å². The molecule has 0 aliphatic carbocycles. The maximum absolute atomic E-state index is 12.9. The fourth-order valence-electron chi connectivity index (χ4n) is 1.29. The van der Waals surface area contributed by atoms with Crippen molar-refractivity contribution in [3.05, 3.63) is 29.6 Å². The standard InChI is InChI=1S/C13H18ClFO2/c1-13(2,3)17-7-6-16-12-5-4-11(15)8-10(12)9-14/h4-5,8H,6-7,9H2,1-3H3. The Labute approximate surface area is 107 Å². The van der Waals surface area contributed by atoms with Crippen molar-refractivity contribution in [1.82, 2.24) is 0 Å². The molecular weight excluding hydrogens is 243 g/mol. The molecule has 0 saturated carbocycles. The van der Waals surface area contributed by atoms with Crippen LogP contribution in [-0.2, 0) is 10.6 Å². The molecule has 0 bridgehead atoms. The lowest BCUT2D eigenvalue weighted by atomic mass is 10.2. The second-order valence-electron chi connectivity index (χ2n) is 4.69. The highest BCUT2D eigenvalue weighted by Crippen LogP contribution is 2.21. The molecular formula is C13H18ClFO2. The minimum absolute atomic E-state index is 0.179. The van der Waals surface area contributed by atoms with E-state index in [1.807, 2.05) is 20.8 Å². The van der Waals surface area contributed by atoms with Crippen molar-refractivity contribution in [2.45, 2.75) is 32.3 Å². The Morgan fingerprint density at radius 2 is 1.94 bits per heavy atom. The minimum Gasteiger partial charge on any atom is -0.491 e. The number of benzene rings is 1. The van der Waals surface area contributed by atoms with Crippen LogP contribution < -0.4 is 4.74 Å². The predicted molar refractivity (Wildman–Crippen MR) is 67.2 cm³/mol. The first kappa shape index (κ1) is 14.3. The largest absolute Gasteiger partial charge is 0.491 e. The van der Waals surface area contributed by atoms with E-state index in [9.17, 15) is 4.39 Å². The molecule has 0 atom stereocenters. The van der Waals surface area contributed by atoms with Gasteiger partial charge in [-0.15, -0.1) is 11.6 Å². The molecule has 0 aliphatic rings. The average Bonchev–Trinajstić information content (AvgIpc) is 2.24. The molecule has 0 aliphatic heterocycles. The first-order chi connectivity index (χ1) is 7.92. The number of rotatable bonds is 5. The van der Waals surface area contributed by atoms with Crippen LogP contribution in [0.4, 0.5) is 4.39 Å². The molecule has 4 heteroatoms. The zero-order valence-corrected chi connectivity index (χ0v) is 11.2. The maximum Gasteiger partial charge on any atom is 0.124 e. The van der Waals surface area contributed by atoms with Gasteiger partial charge in [-0.25, -0.2) is 4.39 Å². The Bertz CT molecular complexity index is 361. The van der Waals surface area contributed by atoms with Crippen LogP contribution in [0.2, 0.25) is 0 Å². The van der Waals surface area contributed by atoms with E-state index in [0.717, 1.165) is 0 Å². The fourth-order valence-corrected chi connectivity index (χ4v) is 1.50. The van der Waals surface area contributed by atoms with E-state index in [4.69, 9.17) is 21.1 Å². The lowest BCUT2D eigenvalue weighted by molar-refractivity contribution is -0.0163. The molecule has 0 N–H and O–H groups in total. The second-order valence-corrected chi connectivity index (χ2v) is 4.96. The molecule has 0 spiro atoms. The molecule has 1 rings (SSSR count). The molecule has 1 aromatic rings. The third-order valence-electron chi connectivity index (χ3n) is 2.04. The van der Waals surface area contributed by atoms with E-state index in [1.165, 1.54) is 12.1 Å². The van der Waals surface area contributed by atoms with Gasteiger partial charge in [-0.3, -0.25) is 0 Å². The smallest absolute Gasteiger partial charge is 0.124 e. The Balaban J connectivity index is 2.46. The quantitative estimate of drug-likeness (QED) is 0.593. The average molecular weight is 261 g/mol. The lowest BCUT2D eigenvalue weighted by Crippen LogP contribution is -2.22. The highest BCUT2D eigenvalue weighted by molar-refractivity contribution is 6.17. The highest BCUT2D eigenvalue weighted by atomic mass is 35.5. The summed E-state index contributed by atoms with van der Waals surface area (Å²) < 4.78 is 24.0. The van der Waals surface area contributed by atoms with Crippen molar-refractivity contribution >= 4 is 11.6 Å². The summed E-state index contributed by atoms with van der Waals surface area (Å²) in [6.45, 7) is 6.86. The van der Waals surface area contributed by atoms with Gasteiger partial charge in [0.2, 0.25) is 0 Å². The summed E-state index contributed by atoms with van der Waals surface area (Å²) in [5, 5.41) is 0. The monoisotopic (exact) mass is 260 g/mol. The van der Waals surface area contributed by atoms with Crippen LogP contribution in [-0.4, -0.2) is 18.8 Å². The zero-order chi connectivity index (χ0) is 12.9. The van der Waals surface area contributed by atoms with Gasteiger partial charge in [0.1, 0.15) is 18.2 Å². The van der Waals surface area contributed by atoms with Gasteiger partial charge in [0.05, 0.1) is 18.1 Å². The van der Waals surface area contributed by atoms with Crippen LogP contribution >= 0.6 is 11.6 Å². The van der Waals surface area contributed by atoms with E-state index in [2.05, 4.69) is 0 Å². The van der Waals surface area contributed by atoms with E-state index in [0.29, 0.717) is 24.5 Å². The Morgan fingerprint density at radius 1 is 1.24 bits per heavy atom. The van der Waals surface area contributed by atoms with Crippen molar-refractivity contribution in [3.63, 3.8) is 0 Å². The van der Waals surface area contributed by atoms with Crippen LogP contribution in [0.3, 0.4) is 0 Å². The number of hydrogen-bond acceptors (Lipinski definition) is 2. The van der Waals surface area contributed by atoms with Crippen molar-refractivity contribution in [2.75, 3.05) is 13.2 Å². The van der Waals surface area contributed by atoms with E-state index in [-0.39, 0.29) is 17.3 Å². The molecule has 0 unspecified atom stereocenters. The van der Waals surface area contributed by atoms with E-state index < -0.39 is 0 Å². The zero-order valence-electron chi connectivity index (χ0n) is 10.4. The van der Waals surface area contributed by atoms with Gasteiger partial charge in [-0.2, -0.15) is 0 Å². The van der Waals surface area contributed by atoms with Crippen LogP contribution in [0.1, 0.15) is 26.3 Å². The first-order valence-electron chi connectivity index (χ1n) is 5.53. The van der Waals surface area contributed by atoms with Crippen LogP contribution in [0.25, 0.3) is 0 Å². The van der Waals surface area contributed by atoms with Crippen LogP contribution in [0, 0.1) is 5.82 Å². The maximum atomic E-state index is 12.9. The SMILES string of the molecule is CC(C)(C)OCCOc1ccc(F)cc1CCl. The third-order valence-corrected chi connectivity index (χ3v) is 2.33. The van der Waals surface area contributed by atoms with Gasteiger partial charge in [-0.05, 0) is 39.0 Å². The molecule has 0 heterocycles. The van der Waals surface area contributed by atoms with Crippen molar-refractivity contribution < 1.29 is 13.9 Å². The lowest BCUT2D eigenvalue weighted by Gasteiger charge is -2.19. The topological polar surface area (TPSA) is 18.5 Å². The molecule has 0 fully saturated rings. The number of alkyl halides is 1. The molecule has 0 amide bonds. The number of ether oxygens (including phenoxy) is 2. The number of halogens is 2. The molecule has 1 aromatic carbocycles. The van der Waals surface area contributed by atoms with Gasteiger partial charge >= 0.3 is 0 Å². The van der Waals surface area contributed by atoms with Crippen molar-refractivity contribution in [2.24, 2.45) is 0 Å². The Morgan fingerprint density at radius 3 is 2.53 bits per heavy atom. The fraction of sp³-hybridized carbons (Fsp3) is 0.538. The summed E-state index contributed by atoms with van der Waals surface area (Å²) in [6.07, 6.45) is 0. The second kappa shape index (κ2) is 6.22. The highest BCUT2D eigenvalue weighted by Gasteiger charge is 2.10. The van der Waals surface area contributed by atoms with Crippen molar-refractivity contribution in [3.8, 4) is 5.75 Å². The first-order valence-corrected chi connectivity index (χ1v) is 6.07. The van der Waals surface area contributed by atoms with E-state index in [1.54, 1.807) is 6.07 Å². The minimum atomic E-state index is -0.307. The summed E-state index contributed by atoms with van der Waals surface area (Å²) >= 11 is 5.71. The third kappa shape index (κ3) is 5.37. The summed E-state index contributed by atoms with van der Waals surface area (Å²) in [7, 11) is 0. The van der Waals surface area contributed by atoms with Gasteiger partial charge in [0.25, 0.3) is 0 Å². The summed E-state index contributed by atoms with van der Waals surface area (Å²) in [5.74, 6) is 0.533. The molecule has 0 radical (unpaired) electrons. The Kier molecular flexibility index (Phi) is 5.22. The van der Waals surface area contributed by atoms with Crippen LogP contribution in [0.5, 0.6) is 5.75 Å². The van der Waals surface area contributed by atoms with E-state index >= 15 is 0 Å². The van der Waals surface area contributed by atoms with Gasteiger partial charge in [-0.1, -0.05) is 0 Å². The Hall–Kier alpha value is -0.800. The molecule has 96 valence electrons. The molecule has 0 aromatic heterocycles. The predicted octanol–water partition coefficient (Wildman–Crippen LogP) is 3.76. The summed E-state index contributed by atoms with van der Waals surface area (Å²) in [5.41, 5.74) is 0.476. The summed E-state index contributed by atoms with van der Waals surface area (Å²) in [4.78, 5) is 0. The summed E-state index contributed by atoms with van der Waals surface area (Å²) in [6, 6.07) is 4.33. The van der Waals surface area contributed by atoms with Crippen LogP contribution in [0.15, 0.2) is 18.2 Å². The molecule has 17 heavy (non-hydrogen) atoms.